The second kappa shape index (κ2) is 6.63. The highest BCUT2D eigenvalue weighted by atomic mass is 127. The van der Waals surface area contributed by atoms with Crippen molar-refractivity contribution in [3.8, 4) is 12.3 Å². The Kier molecular flexibility index (Phi) is 6.74. The molecule has 0 aliphatic carbocycles. The Bertz CT molecular complexity index is 172. The second-order valence-electron chi connectivity index (χ2n) is 3.21. The molecule has 2 N–H and O–H groups in total. The molecule has 2 atom stereocenters. The first-order valence-corrected chi connectivity index (χ1v) is 6.04. The molecule has 0 saturated carbocycles. The maximum Gasteiger partial charge on any atom is 0.130 e. The zero-order valence-electron chi connectivity index (χ0n) is 7.96. The molecule has 76 valence electrons. The summed E-state index contributed by atoms with van der Waals surface area (Å²) in [4.78, 5) is 0. The number of hydrogen-bond acceptors (Lipinski definition) is 2. The van der Waals surface area contributed by atoms with E-state index in [4.69, 9.17) is 11.5 Å². The molecule has 2 unspecified atom stereocenters. The third kappa shape index (κ3) is 3.84. The fraction of sp³-hybridized carbons (Fsp3) is 0.800. The van der Waals surface area contributed by atoms with Gasteiger partial charge in [0.2, 0.25) is 0 Å². The van der Waals surface area contributed by atoms with Gasteiger partial charge in [-0.25, -0.2) is 0 Å². The summed E-state index contributed by atoms with van der Waals surface area (Å²) in [5, 5.41) is 19.0. The molecule has 0 fully saturated rings. The lowest BCUT2D eigenvalue weighted by molar-refractivity contribution is 0.0131. The minimum Gasteiger partial charge on any atom is -0.396 e. The predicted octanol–water partition coefficient (Wildman–Crippen LogP) is 1.58. The van der Waals surface area contributed by atoms with Gasteiger partial charge in [-0.15, -0.1) is 6.42 Å². The van der Waals surface area contributed by atoms with Crippen LogP contribution < -0.4 is 0 Å². The van der Waals surface area contributed by atoms with Gasteiger partial charge < -0.3 is 10.2 Å². The molecular weight excluding hydrogens is 279 g/mol. The summed E-state index contributed by atoms with van der Waals surface area (Å²) >= 11 is 2.13. The van der Waals surface area contributed by atoms with E-state index >= 15 is 0 Å². The first-order valence-electron chi connectivity index (χ1n) is 4.51. The van der Waals surface area contributed by atoms with E-state index in [9.17, 15) is 5.11 Å². The summed E-state index contributed by atoms with van der Waals surface area (Å²) < 4.78 is 0.679. The molecule has 3 heteroatoms. The fourth-order valence-corrected chi connectivity index (χ4v) is 2.17. The molecule has 0 radical (unpaired) electrons. The Balaban J connectivity index is 4.33. The maximum absolute atomic E-state index is 10.0. The minimum absolute atomic E-state index is 0.0483. The van der Waals surface area contributed by atoms with Crippen LogP contribution in [0.2, 0.25) is 0 Å². The van der Waals surface area contributed by atoms with Gasteiger partial charge in [-0.05, 0) is 12.8 Å². The van der Waals surface area contributed by atoms with E-state index in [1.807, 2.05) is 0 Å². The van der Waals surface area contributed by atoms with Crippen molar-refractivity contribution in [3.63, 3.8) is 0 Å². The van der Waals surface area contributed by atoms with E-state index in [-0.39, 0.29) is 12.5 Å². The van der Waals surface area contributed by atoms with Crippen LogP contribution in [-0.2, 0) is 0 Å². The van der Waals surface area contributed by atoms with Crippen LogP contribution in [0.25, 0.3) is 0 Å². The Hall–Kier alpha value is 0.210. The lowest BCUT2D eigenvalue weighted by Gasteiger charge is -2.29. The van der Waals surface area contributed by atoms with Gasteiger partial charge in [-0.2, -0.15) is 0 Å². The Morgan fingerprint density at radius 2 is 2.23 bits per heavy atom. The van der Waals surface area contributed by atoms with Crippen LogP contribution in [0.15, 0.2) is 0 Å². The van der Waals surface area contributed by atoms with E-state index in [2.05, 4.69) is 35.4 Å². The zero-order chi connectivity index (χ0) is 10.3. The summed E-state index contributed by atoms with van der Waals surface area (Å²) in [6, 6.07) is 0. The largest absolute Gasteiger partial charge is 0.396 e. The van der Waals surface area contributed by atoms with E-state index < -0.39 is 5.60 Å². The standard InChI is InChI=1S/C10H17IO2/c1-3-5-6-10(13,4-2)9(7-11)8-12/h2,9,12-13H,3,5-8H2,1H3. The molecule has 0 aromatic carbocycles. The number of halogens is 1. The number of terminal acetylenes is 1. The number of aliphatic hydroxyl groups is 2. The van der Waals surface area contributed by atoms with Gasteiger partial charge in [0.15, 0.2) is 0 Å². The average molecular weight is 296 g/mol. The van der Waals surface area contributed by atoms with E-state index in [1.54, 1.807) is 0 Å². The molecule has 0 amide bonds. The van der Waals surface area contributed by atoms with E-state index in [0.29, 0.717) is 10.8 Å². The summed E-state index contributed by atoms with van der Waals surface area (Å²) in [6.07, 6.45) is 7.76. The van der Waals surface area contributed by atoms with Crippen LogP contribution in [0.4, 0.5) is 0 Å². The molecule has 0 aromatic rings. The summed E-state index contributed by atoms with van der Waals surface area (Å²) in [6.45, 7) is 2.00. The van der Waals surface area contributed by atoms with Crippen molar-refractivity contribution in [3.05, 3.63) is 0 Å². The number of hydrogen-bond donors (Lipinski definition) is 2. The van der Waals surface area contributed by atoms with E-state index in [1.165, 1.54) is 0 Å². The highest BCUT2D eigenvalue weighted by Crippen LogP contribution is 2.24. The van der Waals surface area contributed by atoms with Gasteiger partial charge in [0.1, 0.15) is 5.60 Å². The molecular formula is C10H17IO2. The summed E-state index contributed by atoms with van der Waals surface area (Å²) in [5.74, 6) is 2.20. The molecule has 0 aliphatic heterocycles. The normalized spacial score (nSPS) is 17.5. The highest BCUT2D eigenvalue weighted by Gasteiger charge is 2.32. The van der Waals surface area contributed by atoms with Crippen LogP contribution in [0.1, 0.15) is 26.2 Å². The number of unbranched alkanes of at least 4 members (excludes halogenated alkanes) is 1. The van der Waals surface area contributed by atoms with Crippen molar-refractivity contribution >= 4 is 22.6 Å². The highest BCUT2D eigenvalue weighted by molar-refractivity contribution is 14.1. The molecule has 0 rings (SSSR count). The Labute approximate surface area is 93.9 Å². The lowest BCUT2D eigenvalue weighted by atomic mass is 9.85. The van der Waals surface area contributed by atoms with E-state index in [0.717, 1.165) is 12.8 Å². The first kappa shape index (κ1) is 13.2. The van der Waals surface area contributed by atoms with Gasteiger partial charge in [0.25, 0.3) is 0 Å². The van der Waals surface area contributed by atoms with Gasteiger partial charge in [0, 0.05) is 10.3 Å². The Morgan fingerprint density at radius 1 is 1.62 bits per heavy atom. The van der Waals surface area contributed by atoms with Gasteiger partial charge in [0.05, 0.1) is 6.61 Å². The van der Waals surface area contributed by atoms with Gasteiger partial charge in [-0.1, -0.05) is 41.9 Å². The smallest absolute Gasteiger partial charge is 0.130 e. The fourth-order valence-electron chi connectivity index (χ4n) is 1.17. The van der Waals surface area contributed by atoms with Crippen LogP contribution >= 0.6 is 22.6 Å². The first-order chi connectivity index (χ1) is 6.14. The molecule has 0 bridgehead atoms. The quantitative estimate of drug-likeness (QED) is 0.444. The van der Waals surface area contributed by atoms with Crippen LogP contribution in [0, 0.1) is 18.3 Å². The van der Waals surface area contributed by atoms with Crippen molar-refractivity contribution in [1.29, 1.82) is 0 Å². The number of alkyl halides is 1. The second-order valence-corrected chi connectivity index (χ2v) is 4.09. The third-order valence-corrected chi connectivity index (χ3v) is 3.31. The molecule has 13 heavy (non-hydrogen) atoms. The Morgan fingerprint density at radius 3 is 2.54 bits per heavy atom. The molecule has 0 saturated heterocycles. The van der Waals surface area contributed by atoms with Gasteiger partial charge >= 0.3 is 0 Å². The van der Waals surface area contributed by atoms with Crippen molar-refractivity contribution in [2.45, 2.75) is 31.8 Å². The predicted molar refractivity (Wildman–Crippen MR) is 62.8 cm³/mol. The molecule has 0 spiro atoms. The van der Waals surface area contributed by atoms with Gasteiger partial charge in [-0.3, -0.25) is 0 Å². The number of aliphatic hydroxyl groups excluding tert-OH is 1. The number of rotatable bonds is 6. The molecule has 0 aromatic heterocycles. The maximum atomic E-state index is 10.0. The van der Waals surface area contributed by atoms with Crippen molar-refractivity contribution < 1.29 is 10.2 Å². The SMILES string of the molecule is C#CC(O)(CCCC)C(CO)CI. The monoisotopic (exact) mass is 296 g/mol. The van der Waals surface area contributed by atoms with Crippen LogP contribution in [0.3, 0.4) is 0 Å². The summed E-state index contributed by atoms with van der Waals surface area (Å²) in [7, 11) is 0. The third-order valence-electron chi connectivity index (χ3n) is 2.24. The molecule has 0 heterocycles. The van der Waals surface area contributed by atoms with Crippen molar-refractivity contribution in [2.24, 2.45) is 5.92 Å². The topological polar surface area (TPSA) is 40.5 Å². The summed E-state index contributed by atoms with van der Waals surface area (Å²) in [5.41, 5.74) is -1.12. The zero-order valence-corrected chi connectivity index (χ0v) is 10.1. The van der Waals surface area contributed by atoms with Crippen molar-refractivity contribution in [1.82, 2.24) is 0 Å². The average Bonchev–Trinajstić information content (AvgIpc) is 2.16. The minimum atomic E-state index is -1.12. The molecule has 2 nitrogen and oxygen atoms in total. The van der Waals surface area contributed by atoms with Crippen LogP contribution in [0.5, 0.6) is 0 Å². The van der Waals surface area contributed by atoms with Crippen LogP contribution in [-0.4, -0.2) is 26.8 Å². The molecule has 0 aliphatic rings. The van der Waals surface area contributed by atoms with Crippen molar-refractivity contribution in [2.75, 3.05) is 11.0 Å². The lowest BCUT2D eigenvalue weighted by Crippen LogP contribution is -2.39.